The lowest BCUT2D eigenvalue weighted by Gasteiger charge is -2.38. The number of ether oxygens (including phenoxy) is 1. The van der Waals surface area contributed by atoms with Crippen LogP contribution in [0.5, 0.6) is 0 Å². The second-order valence-electron chi connectivity index (χ2n) is 4.55. The van der Waals surface area contributed by atoms with Gasteiger partial charge in [-0.15, -0.1) is 0 Å². The highest BCUT2D eigenvalue weighted by atomic mass is 32.2. The van der Waals surface area contributed by atoms with Crippen LogP contribution in [-0.2, 0) is 14.8 Å². The standard InChI is InChI=1S/C11H24N2O3S/c1-3-16-7-8-17(14,15)13-6-4-5-10(2)11(13)9-12/h10-11H,3-9,12H2,1-2H3. The van der Waals surface area contributed by atoms with E-state index in [1.54, 1.807) is 4.31 Å². The van der Waals surface area contributed by atoms with Crippen LogP contribution in [0.3, 0.4) is 0 Å². The number of nitrogens with zero attached hydrogens (tertiary/aromatic N) is 1. The van der Waals surface area contributed by atoms with Crippen LogP contribution < -0.4 is 5.73 Å². The first-order valence-corrected chi connectivity index (χ1v) is 7.91. The summed E-state index contributed by atoms with van der Waals surface area (Å²) in [4.78, 5) is 0. The van der Waals surface area contributed by atoms with Gasteiger partial charge in [0.1, 0.15) is 0 Å². The zero-order chi connectivity index (χ0) is 12.9. The third-order valence-corrected chi connectivity index (χ3v) is 5.20. The van der Waals surface area contributed by atoms with E-state index in [0.717, 1.165) is 12.8 Å². The second-order valence-corrected chi connectivity index (χ2v) is 6.59. The average Bonchev–Trinajstić information content (AvgIpc) is 2.29. The molecule has 5 nitrogen and oxygen atoms in total. The van der Waals surface area contributed by atoms with Gasteiger partial charge in [0.2, 0.25) is 10.0 Å². The number of hydrogen-bond acceptors (Lipinski definition) is 4. The molecule has 0 aromatic rings. The molecule has 2 N–H and O–H groups in total. The average molecular weight is 264 g/mol. The molecule has 2 unspecified atom stereocenters. The first-order valence-electron chi connectivity index (χ1n) is 6.30. The molecule has 0 saturated carbocycles. The van der Waals surface area contributed by atoms with Gasteiger partial charge in [0, 0.05) is 25.7 Å². The number of hydrogen-bond donors (Lipinski definition) is 1. The van der Waals surface area contributed by atoms with Gasteiger partial charge < -0.3 is 10.5 Å². The zero-order valence-corrected chi connectivity index (χ0v) is 11.6. The molecule has 1 aliphatic rings. The Hall–Kier alpha value is -0.170. The molecule has 2 atom stereocenters. The molecular formula is C11H24N2O3S. The number of piperidine rings is 1. The molecule has 1 aliphatic heterocycles. The Morgan fingerprint density at radius 3 is 2.76 bits per heavy atom. The van der Waals surface area contributed by atoms with Crippen LogP contribution in [0.15, 0.2) is 0 Å². The quantitative estimate of drug-likeness (QED) is 0.705. The molecule has 0 aliphatic carbocycles. The minimum atomic E-state index is -3.22. The largest absolute Gasteiger partial charge is 0.381 e. The molecule has 1 heterocycles. The Labute approximate surface area is 104 Å². The van der Waals surface area contributed by atoms with Gasteiger partial charge in [0.15, 0.2) is 0 Å². The lowest BCUT2D eigenvalue weighted by Crippen LogP contribution is -2.52. The van der Waals surface area contributed by atoms with E-state index in [9.17, 15) is 8.42 Å². The topological polar surface area (TPSA) is 72.6 Å². The van der Waals surface area contributed by atoms with Gasteiger partial charge in [-0.1, -0.05) is 6.92 Å². The number of sulfonamides is 1. The lowest BCUT2D eigenvalue weighted by atomic mass is 9.93. The van der Waals surface area contributed by atoms with Crippen molar-refractivity contribution in [2.24, 2.45) is 11.7 Å². The fraction of sp³-hybridized carbons (Fsp3) is 1.00. The monoisotopic (exact) mass is 264 g/mol. The van der Waals surface area contributed by atoms with Crippen LogP contribution in [-0.4, -0.2) is 50.8 Å². The molecule has 6 heteroatoms. The summed E-state index contributed by atoms with van der Waals surface area (Å²) in [5, 5.41) is 0. The smallest absolute Gasteiger partial charge is 0.216 e. The van der Waals surface area contributed by atoms with E-state index < -0.39 is 10.0 Å². The van der Waals surface area contributed by atoms with Crippen LogP contribution in [0, 0.1) is 5.92 Å². The van der Waals surface area contributed by atoms with Crippen molar-refractivity contribution in [3.05, 3.63) is 0 Å². The molecule has 0 aromatic heterocycles. The van der Waals surface area contributed by atoms with E-state index in [4.69, 9.17) is 10.5 Å². The van der Waals surface area contributed by atoms with Crippen molar-refractivity contribution in [3.63, 3.8) is 0 Å². The molecule has 0 radical (unpaired) electrons. The predicted molar refractivity (Wildman–Crippen MR) is 68.2 cm³/mol. The van der Waals surface area contributed by atoms with Crippen molar-refractivity contribution >= 4 is 10.0 Å². The predicted octanol–water partition coefficient (Wildman–Crippen LogP) is 0.412. The highest BCUT2D eigenvalue weighted by molar-refractivity contribution is 7.89. The summed E-state index contributed by atoms with van der Waals surface area (Å²) >= 11 is 0. The van der Waals surface area contributed by atoms with E-state index in [0.29, 0.717) is 25.6 Å². The van der Waals surface area contributed by atoms with Crippen LogP contribution in [0.1, 0.15) is 26.7 Å². The number of nitrogens with two attached hydrogens (primary N) is 1. The summed E-state index contributed by atoms with van der Waals surface area (Å²) in [7, 11) is -3.22. The first-order chi connectivity index (χ1) is 8.03. The second kappa shape index (κ2) is 6.68. The fourth-order valence-corrected chi connectivity index (χ4v) is 4.01. The van der Waals surface area contributed by atoms with E-state index in [2.05, 4.69) is 6.92 Å². The van der Waals surface area contributed by atoms with Crippen molar-refractivity contribution in [2.75, 3.05) is 32.1 Å². The molecule has 1 rings (SSSR count). The lowest BCUT2D eigenvalue weighted by molar-refractivity contribution is 0.157. The number of rotatable bonds is 6. The molecule has 0 spiro atoms. The molecule has 1 fully saturated rings. The minimum absolute atomic E-state index is 0.0459. The maximum atomic E-state index is 12.2. The Bertz CT molecular complexity index is 319. The summed E-state index contributed by atoms with van der Waals surface area (Å²) in [6.45, 7) is 5.74. The van der Waals surface area contributed by atoms with Crippen molar-refractivity contribution in [1.29, 1.82) is 0 Å². The highest BCUT2D eigenvalue weighted by Crippen LogP contribution is 2.25. The summed E-state index contributed by atoms with van der Waals surface area (Å²) in [6, 6.07) is -0.0459. The minimum Gasteiger partial charge on any atom is -0.381 e. The van der Waals surface area contributed by atoms with Crippen LogP contribution in [0.4, 0.5) is 0 Å². The van der Waals surface area contributed by atoms with Crippen molar-refractivity contribution in [3.8, 4) is 0 Å². The van der Waals surface area contributed by atoms with E-state index >= 15 is 0 Å². The SMILES string of the molecule is CCOCCS(=O)(=O)N1CCCC(C)C1CN. The van der Waals surface area contributed by atoms with E-state index in [1.165, 1.54) is 0 Å². The molecular weight excluding hydrogens is 240 g/mol. The van der Waals surface area contributed by atoms with Gasteiger partial charge in [-0.2, -0.15) is 4.31 Å². The van der Waals surface area contributed by atoms with Gasteiger partial charge in [-0.3, -0.25) is 0 Å². The van der Waals surface area contributed by atoms with Crippen LogP contribution >= 0.6 is 0 Å². The van der Waals surface area contributed by atoms with Gasteiger partial charge >= 0.3 is 0 Å². The van der Waals surface area contributed by atoms with Gasteiger partial charge in [-0.05, 0) is 25.7 Å². The summed E-state index contributed by atoms with van der Waals surface area (Å²) in [5.41, 5.74) is 5.70. The third kappa shape index (κ3) is 3.91. The van der Waals surface area contributed by atoms with Gasteiger partial charge in [-0.25, -0.2) is 8.42 Å². The summed E-state index contributed by atoms with van der Waals surface area (Å²) < 4.78 is 31.0. The van der Waals surface area contributed by atoms with Crippen molar-refractivity contribution < 1.29 is 13.2 Å². The Morgan fingerprint density at radius 1 is 1.47 bits per heavy atom. The van der Waals surface area contributed by atoms with Gasteiger partial charge in [0.05, 0.1) is 12.4 Å². The molecule has 17 heavy (non-hydrogen) atoms. The normalized spacial score (nSPS) is 27.2. The summed E-state index contributed by atoms with van der Waals surface area (Å²) in [5.74, 6) is 0.403. The van der Waals surface area contributed by atoms with Crippen LogP contribution in [0.25, 0.3) is 0 Å². The summed E-state index contributed by atoms with van der Waals surface area (Å²) in [6.07, 6.45) is 1.98. The fourth-order valence-electron chi connectivity index (χ4n) is 2.33. The Balaban J connectivity index is 2.67. The molecule has 1 saturated heterocycles. The van der Waals surface area contributed by atoms with E-state index in [-0.39, 0.29) is 18.4 Å². The molecule has 102 valence electrons. The van der Waals surface area contributed by atoms with Crippen molar-refractivity contribution in [2.45, 2.75) is 32.7 Å². The van der Waals surface area contributed by atoms with E-state index in [1.807, 2.05) is 6.92 Å². The Morgan fingerprint density at radius 2 is 2.18 bits per heavy atom. The first kappa shape index (κ1) is 14.9. The Kier molecular flexibility index (Phi) is 5.85. The van der Waals surface area contributed by atoms with Crippen LogP contribution in [0.2, 0.25) is 0 Å². The van der Waals surface area contributed by atoms with Gasteiger partial charge in [0.25, 0.3) is 0 Å². The molecule has 0 bridgehead atoms. The maximum absolute atomic E-state index is 12.2. The highest BCUT2D eigenvalue weighted by Gasteiger charge is 2.34. The maximum Gasteiger partial charge on any atom is 0.216 e. The molecule has 0 aromatic carbocycles. The zero-order valence-electron chi connectivity index (χ0n) is 10.8. The van der Waals surface area contributed by atoms with Crippen molar-refractivity contribution in [1.82, 2.24) is 4.31 Å². The third-order valence-electron chi connectivity index (χ3n) is 3.35. The molecule has 0 amide bonds.